The molecule has 2 rings (SSSR count). The fourth-order valence-corrected chi connectivity index (χ4v) is 4.45. The molecular formula is C13H26N2O3S. The van der Waals surface area contributed by atoms with Gasteiger partial charge in [0, 0.05) is 32.8 Å². The fraction of sp³-hybridized carbons (Fsp3) is 1.00. The average Bonchev–Trinajstić information content (AvgIpc) is 2.38. The minimum atomic E-state index is -3.28. The number of piperidine rings is 2. The molecule has 0 radical (unpaired) electrons. The molecule has 5 nitrogen and oxygen atoms in total. The van der Waals surface area contributed by atoms with E-state index in [4.69, 9.17) is 5.11 Å². The van der Waals surface area contributed by atoms with Crippen LogP contribution in [0.15, 0.2) is 0 Å². The van der Waals surface area contributed by atoms with E-state index in [0.717, 1.165) is 25.7 Å². The van der Waals surface area contributed by atoms with E-state index in [9.17, 15) is 8.42 Å². The van der Waals surface area contributed by atoms with Crippen LogP contribution in [0.1, 0.15) is 39.5 Å². The van der Waals surface area contributed by atoms with E-state index >= 15 is 0 Å². The molecule has 0 saturated carbocycles. The Labute approximate surface area is 116 Å². The van der Waals surface area contributed by atoms with Crippen LogP contribution in [0, 0.1) is 11.3 Å². The normalized spacial score (nSPS) is 27.5. The Hall–Kier alpha value is -0.170. The van der Waals surface area contributed by atoms with Crippen LogP contribution >= 0.6 is 0 Å². The molecule has 2 fully saturated rings. The van der Waals surface area contributed by atoms with Gasteiger partial charge in [-0.15, -0.1) is 0 Å². The Morgan fingerprint density at radius 1 is 1.05 bits per heavy atom. The summed E-state index contributed by atoms with van der Waals surface area (Å²) in [5.41, 5.74) is 0.260. The Bertz CT molecular complexity index is 390. The highest BCUT2D eigenvalue weighted by molar-refractivity contribution is 7.86. The summed E-state index contributed by atoms with van der Waals surface area (Å²) < 4.78 is 28.3. The average molecular weight is 290 g/mol. The zero-order valence-electron chi connectivity index (χ0n) is 12.0. The summed E-state index contributed by atoms with van der Waals surface area (Å²) in [6.07, 6.45) is 3.41. The molecule has 2 heterocycles. The summed E-state index contributed by atoms with van der Waals surface area (Å²) in [5.74, 6) is 0.270. The predicted molar refractivity (Wildman–Crippen MR) is 74.9 cm³/mol. The van der Waals surface area contributed by atoms with E-state index in [1.54, 1.807) is 8.61 Å². The Morgan fingerprint density at radius 2 is 1.53 bits per heavy atom. The molecule has 112 valence electrons. The molecule has 2 saturated heterocycles. The van der Waals surface area contributed by atoms with Crippen LogP contribution in [0.5, 0.6) is 0 Å². The van der Waals surface area contributed by atoms with Crippen molar-refractivity contribution in [2.45, 2.75) is 39.5 Å². The summed E-state index contributed by atoms with van der Waals surface area (Å²) in [7, 11) is -3.28. The molecule has 19 heavy (non-hydrogen) atoms. The SMILES string of the molecule is CC1(C)CCN(S(=O)(=O)N2CCC(CO)CC2)CC1. The highest BCUT2D eigenvalue weighted by Crippen LogP contribution is 2.32. The van der Waals surface area contributed by atoms with Gasteiger partial charge >= 0.3 is 0 Å². The molecule has 0 bridgehead atoms. The molecule has 0 aromatic heterocycles. The van der Waals surface area contributed by atoms with Crippen molar-refractivity contribution in [1.29, 1.82) is 0 Å². The smallest absolute Gasteiger partial charge is 0.281 e. The van der Waals surface area contributed by atoms with Crippen LogP contribution in [0.3, 0.4) is 0 Å². The fourth-order valence-electron chi connectivity index (χ4n) is 2.81. The first-order chi connectivity index (χ1) is 8.85. The molecule has 0 spiro atoms. The van der Waals surface area contributed by atoms with Crippen molar-refractivity contribution in [2.24, 2.45) is 11.3 Å². The van der Waals surface area contributed by atoms with Gasteiger partial charge in [-0.25, -0.2) is 0 Å². The van der Waals surface area contributed by atoms with E-state index < -0.39 is 10.2 Å². The van der Waals surface area contributed by atoms with Crippen molar-refractivity contribution in [3.05, 3.63) is 0 Å². The van der Waals surface area contributed by atoms with Crippen molar-refractivity contribution >= 4 is 10.2 Å². The van der Waals surface area contributed by atoms with E-state index in [1.807, 2.05) is 0 Å². The number of aliphatic hydroxyl groups is 1. The largest absolute Gasteiger partial charge is 0.396 e. The first kappa shape index (κ1) is 15.2. The second-order valence-electron chi connectivity index (χ2n) is 6.60. The van der Waals surface area contributed by atoms with Gasteiger partial charge in [0.25, 0.3) is 10.2 Å². The first-order valence-corrected chi connectivity index (χ1v) is 8.61. The van der Waals surface area contributed by atoms with Crippen LogP contribution in [0.25, 0.3) is 0 Å². The summed E-state index contributed by atoms with van der Waals surface area (Å²) in [6, 6.07) is 0. The Morgan fingerprint density at radius 3 is 2.00 bits per heavy atom. The second-order valence-corrected chi connectivity index (χ2v) is 8.52. The molecule has 0 amide bonds. The summed E-state index contributed by atoms with van der Waals surface area (Å²) in [4.78, 5) is 0. The van der Waals surface area contributed by atoms with Crippen LogP contribution < -0.4 is 0 Å². The first-order valence-electron chi connectivity index (χ1n) is 7.21. The Balaban J connectivity index is 1.96. The standard InChI is InChI=1S/C13H26N2O3S/c1-13(2)5-9-15(10-6-13)19(17,18)14-7-3-12(11-16)4-8-14/h12,16H,3-11H2,1-2H3. The second kappa shape index (κ2) is 5.68. The van der Waals surface area contributed by atoms with Gasteiger partial charge in [0.05, 0.1) is 0 Å². The van der Waals surface area contributed by atoms with Gasteiger partial charge in [-0.1, -0.05) is 13.8 Å². The lowest BCUT2D eigenvalue weighted by Gasteiger charge is -2.40. The predicted octanol–water partition coefficient (Wildman–Crippen LogP) is 1.06. The number of hydrogen-bond donors (Lipinski definition) is 1. The highest BCUT2D eigenvalue weighted by Gasteiger charge is 2.36. The van der Waals surface area contributed by atoms with Gasteiger partial charge in [-0.05, 0) is 37.0 Å². The number of rotatable bonds is 3. The van der Waals surface area contributed by atoms with E-state index in [1.165, 1.54) is 0 Å². The molecule has 0 aliphatic carbocycles. The van der Waals surface area contributed by atoms with Gasteiger partial charge in [-0.2, -0.15) is 17.0 Å². The van der Waals surface area contributed by atoms with Crippen molar-refractivity contribution in [2.75, 3.05) is 32.8 Å². The lowest BCUT2D eigenvalue weighted by molar-refractivity contribution is 0.156. The molecular weight excluding hydrogens is 264 g/mol. The maximum Gasteiger partial charge on any atom is 0.281 e. The van der Waals surface area contributed by atoms with Gasteiger partial charge in [0.1, 0.15) is 0 Å². The number of hydrogen-bond acceptors (Lipinski definition) is 3. The van der Waals surface area contributed by atoms with Crippen LogP contribution in [0.2, 0.25) is 0 Å². The van der Waals surface area contributed by atoms with Crippen LogP contribution in [-0.2, 0) is 10.2 Å². The number of aliphatic hydroxyl groups excluding tert-OH is 1. The highest BCUT2D eigenvalue weighted by atomic mass is 32.2. The number of nitrogens with zero attached hydrogens (tertiary/aromatic N) is 2. The van der Waals surface area contributed by atoms with Gasteiger partial charge in [-0.3, -0.25) is 0 Å². The topological polar surface area (TPSA) is 60.9 Å². The minimum Gasteiger partial charge on any atom is -0.396 e. The lowest BCUT2D eigenvalue weighted by Crippen LogP contribution is -2.50. The maximum absolute atomic E-state index is 12.5. The van der Waals surface area contributed by atoms with Crippen LogP contribution in [0.4, 0.5) is 0 Å². The van der Waals surface area contributed by atoms with Gasteiger partial charge in [0.15, 0.2) is 0 Å². The van der Waals surface area contributed by atoms with Gasteiger partial charge < -0.3 is 5.11 Å². The van der Waals surface area contributed by atoms with Crippen molar-refractivity contribution in [3.63, 3.8) is 0 Å². The molecule has 6 heteroatoms. The van der Waals surface area contributed by atoms with Crippen LogP contribution in [-0.4, -0.2) is 54.9 Å². The van der Waals surface area contributed by atoms with E-state index in [-0.39, 0.29) is 17.9 Å². The molecule has 0 atom stereocenters. The summed E-state index contributed by atoms with van der Waals surface area (Å²) in [5, 5.41) is 9.11. The van der Waals surface area contributed by atoms with Crippen molar-refractivity contribution in [1.82, 2.24) is 8.61 Å². The summed E-state index contributed by atoms with van der Waals surface area (Å²) >= 11 is 0. The third-order valence-electron chi connectivity index (χ3n) is 4.56. The third-order valence-corrected chi connectivity index (χ3v) is 6.60. The maximum atomic E-state index is 12.5. The molecule has 0 aromatic rings. The zero-order chi connectivity index (χ0) is 14.1. The molecule has 2 aliphatic heterocycles. The van der Waals surface area contributed by atoms with E-state index in [0.29, 0.717) is 26.2 Å². The lowest BCUT2D eigenvalue weighted by atomic mass is 9.83. The molecule has 1 N–H and O–H groups in total. The summed E-state index contributed by atoms with van der Waals surface area (Å²) in [6.45, 7) is 6.94. The van der Waals surface area contributed by atoms with Gasteiger partial charge in [0.2, 0.25) is 0 Å². The molecule has 2 aliphatic rings. The monoisotopic (exact) mass is 290 g/mol. The Kier molecular flexibility index (Phi) is 4.55. The molecule has 0 aromatic carbocycles. The van der Waals surface area contributed by atoms with Crippen molar-refractivity contribution < 1.29 is 13.5 Å². The third kappa shape index (κ3) is 3.48. The van der Waals surface area contributed by atoms with E-state index in [2.05, 4.69) is 13.8 Å². The minimum absolute atomic E-state index is 0.172. The van der Waals surface area contributed by atoms with Crippen molar-refractivity contribution in [3.8, 4) is 0 Å². The quantitative estimate of drug-likeness (QED) is 0.845. The zero-order valence-corrected chi connectivity index (χ0v) is 12.8. The molecule has 0 unspecified atom stereocenters.